The van der Waals surface area contributed by atoms with Crippen LogP contribution in [0.3, 0.4) is 0 Å². The number of aliphatic hydroxyl groups excluding tert-OH is 2. The number of unbranched alkanes of at least 4 members (excludes halogenated alkanes) is 2. The summed E-state index contributed by atoms with van der Waals surface area (Å²) in [5.74, 6) is 0.202. The molecule has 2 N–H and O–H groups in total. The minimum Gasteiger partial charge on any atom is -0.550 e. The van der Waals surface area contributed by atoms with Crippen molar-refractivity contribution in [3.8, 4) is 0 Å². The maximum atomic E-state index is 10.4. The fourth-order valence-corrected chi connectivity index (χ4v) is 3.80. The molecule has 1 aliphatic carbocycles. The highest BCUT2D eigenvalue weighted by Gasteiger charge is 2.46. The monoisotopic (exact) mass is 363 g/mol. The van der Waals surface area contributed by atoms with Crippen LogP contribution in [0.4, 0.5) is 0 Å². The highest BCUT2D eigenvalue weighted by atomic mass is 16.5. The van der Waals surface area contributed by atoms with Gasteiger partial charge in [0.05, 0.1) is 18.0 Å². The van der Waals surface area contributed by atoms with E-state index in [1.165, 1.54) is 0 Å². The first-order valence-electron chi connectivity index (χ1n) is 9.76. The van der Waals surface area contributed by atoms with Crippen molar-refractivity contribution in [3.63, 3.8) is 0 Å². The van der Waals surface area contributed by atoms with Crippen molar-refractivity contribution >= 4 is 5.97 Å². The summed E-state index contributed by atoms with van der Waals surface area (Å²) < 4.78 is 5.96. The second kappa shape index (κ2) is 10.5. The van der Waals surface area contributed by atoms with Crippen LogP contribution in [0.1, 0.15) is 58.3 Å². The Morgan fingerprint density at radius 3 is 2.92 bits per heavy atom. The van der Waals surface area contributed by atoms with Gasteiger partial charge >= 0.3 is 0 Å². The fraction of sp³-hybridized carbons (Fsp3) is 0.667. The van der Waals surface area contributed by atoms with Gasteiger partial charge in [-0.15, -0.1) is 0 Å². The summed E-state index contributed by atoms with van der Waals surface area (Å²) >= 11 is 0. The summed E-state index contributed by atoms with van der Waals surface area (Å²) in [5, 5.41) is 30.7. The van der Waals surface area contributed by atoms with Crippen LogP contribution in [0.5, 0.6) is 0 Å². The van der Waals surface area contributed by atoms with E-state index >= 15 is 0 Å². The lowest BCUT2D eigenvalue weighted by molar-refractivity contribution is -0.305. The topological polar surface area (TPSA) is 89.8 Å². The predicted octanol–water partition coefficient (Wildman–Crippen LogP) is 2.24. The van der Waals surface area contributed by atoms with Gasteiger partial charge in [-0.1, -0.05) is 31.2 Å². The zero-order chi connectivity index (χ0) is 18.9. The summed E-state index contributed by atoms with van der Waals surface area (Å²) in [6.45, 7) is 2.06. The van der Waals surface area contributed by atoms with Crippen molar-refractivity contribution < 1.29 is 24.9 Å². The average Bonchev–Trinajstić information content (AvgIpc) is 3.09. The molecule has 1 heterocycles. The van der Waals surface area contributed by atoms with Gasteiger partial charge in [-0.3, -0.25) is 0 Å². The smallest absolute Gasteiger partial charge is 0.105 e. The maximum Gasteiger partial charge on any atom is 0.105 e. The molecule has 2 aliphatic rings. The molecule has 0 spiro atoms. The molecule has 1 aliphatic heterocycles. The Morgan fingerprint density at radius 2 is 2.19 bits per heavy atom. The summed E-state index contributed by atoms with van der Waals surface area (Å²) in [4.78, 5) is 10.4. The molecule has 0 amide bonds. The minimum absolute atomic E-state index is 0.00814. The van der Waals surface area contributed by atoms with E-state index in [4.69, 9.17) is 4.74 Å². The van der Waals surface area contributed by atoms with Gasteiger partial charge in [0.15, 0.2) is 0 Å². The van der Waals surface area contributed by atoms with Gasteiger partial charge in [0.25, 0.3) is 0 Å². The highest BCUT2D eigenvalue weighted by molar-refractivity contribution is 5.64. The highest BCUT2D eigenvalue weighted by Crippen LogP contribution is 2.45. The number of hydrogen-bond acceptors (Lipinski definition) is 5. The van der Waals surface area contributed by atoms with Crippen molar-refractivity contribution in [1.29, 1.82) is 0 Å². The first-order chi connectivity index (χ1) is 12.5. The van der Waals surface area contributed by atoms with Crippen molar-refractivity contribution in [1.82, 2.24) is 0 Å². The molecule has 1 saturated carbocycles. The molecular weight excluding hydrogens is 332 g/mol. The molecule has 0 aromatic heterocycles. The largest absolute Gasteiger partial charge is 0.550 e. The van der Waals surface area contributed by atoms with Crippen LogP contribution in [-0.2, 0) is 9.53 Å². The number of aliphatic carboxylic acids is 1. The molecule has 2 fully saturated rings. The molecule has 2 rings (SSSR count). The normalized spacial score (nSPS) is 31.0. The van der Waals surface area contributed by atoms with Gasteiger partial charge < -0.3 is 24.9 Å². The van der Waals surface area contributed by atoms with E-state index in [0.29, 0.717) is 19.3 Å². The quantitative estimate of drug-likeness (QED) is 0.459. The van der Waals surface area contributed by atoms with Crippen molar-refractivity contribution in [3.05, 3.63) is 36.1 Å². The fourth-order valence-electron chi connectivity index (χ4n) is 3.80. The van der Waals surface area contributed by atoms with Gasteiger partial charge in [0, 0.05) is 30.6 Å². The first kappa shape index (κ1) is 20.7. The number of fused-ring (bicyclic) bond motifs is 1. The van der Waals surface area contributed by atoms with E-state index in [2.05, 4.69) is 6.92 Å². The summed E-state index contributed by atoms with van der Waals surface area (Å²) in [7, 11) is 0. The molecule has 5 heteroatoms. The van der Waals surface area contributed by atoms with E-state index in [1.54, 1.807) is 6.08 Å². The molecule has 0 aromatic rings. The van der Waals surface area contributed by atoms with Crippen molar-refractivity contribution in [2.75, 3.05) is 0 Å². The second-order valence-corrected chi connectivity index (χ2v) is 7.26. The molecule has 0 bridgehead atoms. The van der Waals surface area contributed by atoms with Gasteiger partial charge in [-0.25, -0.2) is 0 Å². The number of allylic oxidation sites excluding steroid dienone is 3. The molecular formula is C21H31O5-. The van der Waals surface area contributed by atoms with Crippen LogP contribution in [0, 0.1) is 11.8 Å². The van der Waals surface area contributed by atoms with Gasteiger partial charge in [-0.2, -0.15) is 0 Å². The number of carbonyl (C=O) groups is 1. The number of hydrogen-bond donors (Lipinski definition) is 2. The zero-order valence-corrected chi connectivity index (χ0v) is 15.5. The summed E-state index contributed by atoms with van der Waals surface area (Å²) in [5.41, 5.74) is 0. The second-order valence-electron chi connectivity index (χ2n) is 7.26. The Bertz CT molecular complexity index is 537. The summed E-state index contributed by atoms with van der Waals surface area (Å²) in [6.07, 6.45) is 14.2. The van der Waals surface area contributed by atoms with Gasteiger partial charge in [0.1, 0.15) is 6.10 Å². The van der Waals surface area contributed by atoms with Crippen LogP contribution < -0.4 is 5.11 Å². The number of carboxylic acid groups (broad SMARTS) is 1. The summed E-state index contributed by atoms with van der Waals surface area (Å²) in [6, 6.07) is 0. The SMILES string of the molecule is CC/C=C/CC(O)/C=C/C1C(O)CC2O/C(=C\CCCCC(=O)[O-])CC21. The molecule has 1 saturated heterocycles. The van der Waals surface area contributed by atoms with Gasteiger partial charge in [-0.05, 0) is 44.6 Å². The van der Waals surface area contributed by atoms with E-state index in [1.807, 2.05) is 24.3 Å². The molecule has 5 nitrogen and oxygen atoms in total. The first-order valence-corrected chi connectivity index (χ1v) is 9.76. The van der Waals surface area contributed by atoms with Gasteiger partial charge in [0.2, 0.25) is 0 Å². The standard InChI is InChI=1S/C21H32O5/c1-2-3-5-8-15(22)11-12-17-18-13-16(26-20(18)14-19(17)23)9-6-4-7-10-21(24)25/h3,5,9,11-12,15,17-20,22-23H,2,4,6-8,10,13-14H2,1H3,(H,24,25)/p-1/b5-3+,12-11+,16-9-. The van der Waals surface area contributed by atoms with Crippen LogP contribution in [0.25, 0.3) is 0 Å². The molecule has 5 atom stereocenters. The van der Waals surface area contributed by atoms with E-state index < -0.39 is 18.2 Å². The lowest BCUT2D eigenvalue weighted by atomic mass is 9.90. The van der Waals surface area contributed by atoms with E-state index in [0.717, 1.165) is 31.4 Å². The minimum atomic E-state index is -1.000. The third-order valence-corrected chi connectivity index (χ3v) is 5.17. The predicted molar refractivity (Wildman–Crippen MR) is 97.8 cm³/mol. The van der Waals surface area contributed by atoms with E-state index in [9.17, 15) is 20.1 Å². The Labute approximate surface area is 156 Å². The van der Waals surface area contributed by atoms with Crippen molar-refractivity contribution in [2.45, 2.75) is 76.6 Å². The maximum absolute atomic E-state index is 10.4. The molecule has 5 unspecified atom stereocenters. The number of carboxylic acids is 1. The Morgan fingerprint density at radius 1 is 1.38 bits per heavy atom. The molecule has 0 radical (unpaired) electrons. The van der Waals surface area contributed by atoms with E-state index in [-0.39, 0.29) is 24.4 Å². The van der Waals surface area contributed by atoms with Crippen LogP contribution in [-0.4, -0.2) is 34.5 Å². The van der Waals surface area contributed by atoms with Crippen LogP contribution in [0.2, 0.25) is 0 Å². The molecule has 146 valence electrons. The Hall–Kier alpha value is -1.59. The molecule has 26 heavy (non-hydrogen) atoms. The van der Waals surface area contributed by atoms with Crippen molar-refractivity contribution in [2.24, 2.45) is 11.8 Å². The Balaban J connectivity index is 1.82. The number of carbonyl (C=O) groups excluding carboxylic acids is 1. The number of rotatable bonds is 10. The molecule has 0 aromatic carbocycles. The third-order valence-electron chi connectivity index (χ3n) is 5.17. The van der Waals surface area contributed by atoms with Crippen LogP contribution in [0.15, 0.2) is 36.1 Å². The lowest BCUT2D eigenvalue weighted by Gasteiger charge is -2.15. The zero-order valence-electron chi connectivity index (χ0n) is 15.5. The third kappa shape index (κ3) is 6.29. The average molecular weight is 363 g/mol. The van der Waals surface area contributed by atoms with Crippen LogP contribution >= 0.6 is 0 Å². The Kier molecular flexibility index (Phi) is 8.39. The lowest BCUT2D eigenvalue weighted by Crippen LogP contribution is -2.21. The number of aliphatic hydroxyl groups is 2. The number of ether oxygens (including phenoxy) is 1.